The van der Waals surface area contributed by atoms with Gasteiger partial charge >= 0.3 is 0 Å². The Kier molecular flexibility index (Phi) is 10.7. The van der Waals surface area contributed by atoms with E-state index in [0.29, 0.717) is 17.0 Å². The van der Waals surface area contributed by atoms with Crippen LogP contribution in [0.3, 0.4) is 0 Å². The summed E-state index contributed by atoms with van der Waals surface area (Å²) in [6, 6.07) is 18.1. The van der Waals surface area contributed by atoms with Crippen molar-refractivity contribution in [3.63, 3.8) is 0 Å². The molecule has 0 unspecified atom stereocenters. The van der Waals surface area contributed by atoms with Crippen LogP contribution in [0.25, 0.3) is 0 Å². The van der Waals surface area contributed by atoms with E-state index in [4.69, 9.17) is 34.8 Å². The molecule has 7 nitrogen and oxygen atoms in total. The van der Waals surface area contributed by atoms with Crippen LogP contribution in [0.15, 0.2) is 77.7 Å². The molecule has 0 heterocycles. The predicted molar refractivity (Wildman–Crippen MR) is 157 cm³/mol. The van der Waals surface area contributed by atoms with Gasteiger partial charge in [-0.1, -0.05) is 78.1 Å². The Morgan fingerprint density at radius 2 is 1.54 bits per heavy atom. The van der Waals surface area contributed by atoms with Gasteiger partial charge in [-0.15, -0.1) is 0 Å². The lowest BCUT2D eigenvalue weighted by Crippen LogP contribution is -2.52. The second-order valence-electron chi connectivity index (χ2n) is 9.04. The molecule has 0 aliphatic heterocycles. The van der Waals surface area contributed by atoms with Crippen molar-refractivity contribution in [2.75, 3.05) is 10.8 Å². The van der Waals surface area contributed by atoms with E-state index in [2.05, 4.69) is 5.32 Å². The molecule has 0 saturated carbocycles. The van der Waals surface area contributed by atoms with Crippen LogP contribution in [0.4, 0.5) is 5.69 Å². The maximum atomic E-state index is 13.9. The van der Waals surface area contributed by atoms with E-state index in [1.165, 1.54) is 29.2 Å². The molecule has 0 radical (unpaired) electrons. The van der Waals surface area contributed by atoms with Crippen molar-refractivity contribution in [3.05, 3.63) is 93.4 Å². The highest BCUT2D eigenvalue weighted by Crippen LogP contribution is 2.35. The number of carbonyl (C=O) groups excluding carboxylic acids is 2. The number of anilines is 1. The van der Waals surface area contributed by atoms with Crippen molar-refractivity contribution < 1.29 is 18.0 Å². The number of carbonyl (C=O) groups is 2. The Hall–Kier alpha value is -2.78. The highest BCUT2D eigenvalue weighted by Gasteiger charge is 2.33. The first kappa shape index (κ1) is 30.8. The molecule has 0 aliphatic rings. The topological polar surface area (TPSA) is 86.8 Å². The summed E-state index contributed by atoms with van der Waals surface area (Å²) in [5.41, 5.74) is 0.763. The third-order valence-corrected chi connectivity index (χ3v) is 9.08. The molecule has 0 aliphatic carbocycles. The van der Waals surface area contributed by atoms with Crippen LogP contribution < -0.4 is 9.62 Å². The van der Waals surface area contributed by atoms with E-state index in [-0.39, 0.29) is 39.1 Å². The third-order valence-electron chi connectivity index (χ3n) is 6.24. The average molecular weight is 611 g/mol. The quantitative estimate of drug-likeness (QED) is 0.281. The molecule has 2 amide bonds. The Morgan fingerprint density at radius 3 is 2.15 bits per heavy atom. The van der Waals surface area contributed by atoms with Crippen LogP contribution in [-0.4, -0.2) is 43.8 Å². The number of sulfonamides is 1. The number of halogens is 3. The lowest BCUT2D eigenvalue weighted by atomic mass is 10.1. The monoisotopic (exact) mass is 609 g/mol. The molecule has 0 aromatic heterocycles. The minimum Gasteiger partial charge on any atom is -0.352 e. The second kappa shape index (κ2) is 13.5. The van der Waals surface area contributed by atoms with Crippen molar-refractivity contribution in [1.29, 1.82) is 0 Å². The molecule has 0 fully saturated rings. The fourth-order valence-electron chi connectivity index (χ4n) is 3.75. The molecule has 0 saturated heterocycles. The molecule has 3 rings (SSSR count). The molecule has 11 heteroatoms. The SMILES string of the molecule is CC[C@H](C)NC(=O)[C@@H](C)N(Cc1ccc(Cl)cc1)C(=O)CN(c1cccc(Cl)c1Cl)S(=O)(=O)c1ccccc1. The van der Waals surface area contributed by atoms with E-state index in [9.17, 15) is 18.0 Å². The van der Waals surface area contributed by atoms with Gasteiger partial charge in [0.2, 0.25) is 11.8 Å². The Morgan fingerprint density at radius 1 is 0.897 bits per heavy atom. The maximum Gasteiger partial charge on any atom is 0.264 e. The number of nitrogens with zero attached hydrogens (tertiary/aromatic N) is 2. The summed E-state index contributed by atoms with van der Waals surface area (Å²) >= 11 is 18.7. The summed E-state index contributed by atoms with van der Waals surface area (Å²) in [6.07, 6.45) is 0.708. The summed E-state index contributed by atoms with van der Waals surface area (Å²) in [5, 5.41) is 3.53. The average Bonchev–Trinajstić information content (AvgIpc) is 2.92. The van der Waals surface area contributed by atoms with Gasteiger partial charge in [0.15, 0.2) is 0 Å². The van der Waals surface area contributed by atoms with Crippen molar-refractivity contribution >= 4 is 62.3 Å². The second-order valence-corrected chi connectivity index (χ2v) is 12.1. The van der Waals surface area contributed by atoms with Gasteiger partial charge in [0.05, 0.1) is 20.6 Å². The first-order chi connectivity index (χ1) is 18.4. The fraction of sp³-hybridized carbons (Fsp3) is 0.286. The first-order valence-electron chi connectivity index (χ1n) is 12.3. The lowest BCUT2D eigenvalue weighted by molar-refractivity contribution is -0.139. The Balaban J connectivity index is 2.05. The van der Waals surface area contributed by atoms with Crippen molar-refractivity contribution in [2.24, 2.45) is 0 Å². The van der Waals surface area contributed by atoms with Gasteiger partial charge in [0.25, 0.3) is 10.0 Å². The van der Waals surface area contributed by atoms with E-state index in [1.54, 1.807) is 55.5 Å². The van der Waals surface area contributed by atoms with Crippen molar-refractivity contribution in [1.82, 2.24) is 10.2 Å². The van der Waals surface area contributed by atoms with Gasteiger partial charge in [0.1, 0.15) is 12.6 Å². The van der Waals surface area contributed by atoms with Crippen molar-refractivity contribution in [2.45, 2.75) is 50.7 Å². The summed E-state index contributed by atoms with van der Waals surface area (Å²) in [4.78, 5) is 28.3. The molecule has 208 valence electrons. The largest absolute Gasteiger partial charge is 0.352 e. The van der Waals surface area contributed by atoms with Gasteiger partial charge in [-0.25, -0.2) is 8.42 Å². The molecular weight excluding hydrogens is 581 g/mol. The van der Waals surface area contributed by atoms with E-state index in [1.807, 2.05) is 13.8 Å². The number of amides is 2. The lowest BCUT2D eigenvalue weighted by Gasteiger charge is -2.32. The van der Waals surface area contributed by atoms with E-state index >= 15 is 0 Å². The molecule has 1 N–H and O–H groups in total. The standard InChI is InChI=1S/C28H30Cl3N3O4S/c1-4-19(2)32-28(36)20(3)33(17-21-13-15-22(29)16-14-21)26(35)18-34(25-12-8-11-24(30)27(25)31)39(37,38)23-9-6-5-7-10-23/h5-16,19-20H,4,17-18H2,1-3H3,(H,32,36)/t19-,20+/m0/s1. The van der Waals surface area contributed by atoms with Crippen LogP contribution in [0.1, 0.15) is 32.8 Å². The molecule has 39 heavy (non-hydrogen) atoms. The van der Waals surface area contributed by atoms with Crippen LogP contribution in [0, 0.1) is 0 Å². The zero-order valence-corrected chi connectivity index (χ0v) is 24.9. The number of hydrogen-bond acceptors (Lipinski definition) is 4. The van der Waals surface area contributed by atoms with Crippen LogP contribution in [0.2, 0.25) is 15.1 Å². The highest BCUT2D eigenvalue weighted by molar-refractivity contribution is 7.92. The van der Waals surface area contributed by atoms with Gasteiger partial charge in [-0.2, -0.15) is 0 Å². The maximum absolute atomic E-state index is 13.9. The summed E-state index contributed by atoms with van der Waals surface area (Å²) in [7, 11) is -4.24. The first-order valence-corrected chi connectivity index (χ1v) is 14.9. The van der Waals surface area contributed by atoms with E-state index < -0.39 is 28.5 Å². The van der Waals surface area contributed by atoms with Crippen LogP contribution in [0.5, 0.6) is 0 Å². The number of benzene rings is 3. The molecule has 0 spiro atoms. The molecule has 3 aromatic carbocycles. The number of rotatable bonds is 11. The normalized spacial score (nSPS) is 12.9. The van der Waals surface area contributed by atoms with Gasteiger partial charge in [0, 0.05) is 17.6 Å². The molecule has 0 bridgehead atoms. The predicted octanol–water partition coefficient (Wildman–Crippen LogP) is 6.17. The Labute approximate surface area is 244 Å². The highest BCUT2D eigenvalue weighted by atomic mass is 35.5. The minimum atomic E-state index is -4.24. The summed E-state index contributed by atoms with van der Waals surface area (Å²) < 4.78 is 28.5. The summed E-state index contributed by atoms with van der Waals surface area (Å²) in [5.74, 6) is -0.961. The number of hydrogen-bond donors (Lipinski definition) is 1. The third kappa shape index (κ3) is 7.66. The molecule has 3 aromatic rings. The van der Waals surface area contributed by atoms with E-state index in [0.717, 1.165) is 4.31 Å². The Bertz CT molecular complexity index is 1400. The van der Waals surface area contributed by atoms with Gasteiger partial charge < -0.3 is 10.2 Å². The zero-order valence-electron chi connectivity index (χ0n) is 21.8. The molecule has 2 atom stereocenters. The molecular formula is C28H30Cl3N3O4S. The fourth-order valence-corrected chi connectivity index (χ4v) is 5.77. The van der Waals surface area contributed by atoms with Gasteiger partial charge in [-0.3, -0.25) is 13.9 Å². The van der Waals surface area contributed by atoms with Crippen molar-refractivity contribution in [3.8, 4) is 0 Å². The summed E-state index contributed by atoms with van der Waals surface area (Å²) in [6.45, 7) is 4.84. The number of nitrogens with one attached hydrogen (secondary N) is 1. The smallest absolute Gasteiger partial charge is 0.264 e. The minimum absolute atomic E-state index is 0.0155. The van der Waals surface area contributed by atoms with Gasteiger partial charge in [-0.05, 0) is 62.2 Å². The van der Waals surface area contributed by atoms with Crippen LogP contribution in [-0.2, 0) is 26.2 Å². The van der Waals surface area contributed by atoms with Crippen LogP contribution >= 0.6 is 34.8 Å². The zero-order chi connectivity index (χ0) is 28.7.